The molecule has 35 heavy (non-hydrogen) atoms. The van der Waals surface area contributed by atoms with Gasteiger partial charge >= 0.3 is 5.97 Å². The minimum atomic E-state index is -0.913. The van der Waals surface area contributed by atoms with E-state index in [9.17, 15) is 29.8 Å². The Balaban J connectivity index is 1.84. The third kappa shape index (κ3) is 4.19. The first-order chi connectivity index (χ1) is 16.6. The van der Waals surface area contributed by atoms with Crippen LogP contribution in [0.1, 0.15) is 32.0 Å². The molecule has 0 aliphatic heterocycles. The van der Waals surface area contributed by atoms with Crippen LogP contribution in [0, 0.1) is 34.1 Å². The number of hydrogen-bond acceptors (Lipinski definition) is 10. The van der Waals surface area contributed by atoms with Crippen molar-refractivity contribution in [2.75, 3.05) is 12.4 Å². The Labute approximate surface area is 200 Å². The van der Waals surface area contributed by atoms with Crippen molar-refractivity contribution in [2.45, 2.75) is 13.8 Å². The lowest BCUT2D eigenvalue weighted by Crippen LogP contribution is -2.14. The van der Waals surface area contributed by atoms with Gasteiger partial charge in [0.15, 0.2) is 0 Å². The van der Waals surface area contributed by atoms with E-state index in [1.165, 1.54) is 32.3 Å². The zero-order valence-corrected chi connectivity index (χ0v) is 19.3. The SMILES string of the molecule is COC(=O)c1c(C)oc(NC(=O)c2cc([N+](=O)[O-])c(C)c([N+](=O)[O-])c2)c1-c1nc2ccccc2s1. The number of methoxy groups -OCH3 is 1. The van der Waals surface area contributed by atoms with Gasteiger partial charge in [-0.1, -0.05) is 12.1 Å². The first-order valence-electron chi connectivity index (χ1n) is 9.94. The van der Waals surface area contributed by atoms with Crippen molar-refractivity contribution >= 4 is 50.7 Å². The molecule has 178 valence electrons. The molecule has 0 bridgehead atoms. The van der Waals surface area contributed by atoms with Crippen LogP contribution in [-0.2, 0) is 4.74 Å². The van der Waals surface area contributed by atoms with Crippen molar-refractivity contribution in [2.24, 2.45) is 0 Å². The molecule has 0 aliphatic rings. The van der Waals surface area contributed by atoms with Gasteiger partial charge < -0.3 is 9.15 Å². The minimum Gasteiger partial charge on any atom is -0.465 e. The molecule has 2 aromatic carbocycles. The number of nitrogens with one attached hydrogen (secondary N) is 1. The molecule has 0 fully saturated rings. The lowest BCUT2D eigenvalue weighted by Gasteiger charge is -2.07. The third-order valence-corrected chi connectivity index (χ3v) is 6.27. The Morgan fingerprint density at radius 3 is 2.29 bits per heavy atom. The number of para-hydroxylation sites is 1. The Bertz CT molecular complexity index is 1470. The lowest BCUT2D eigenvalue weighted by molar-refractivity contribution is -0.395. The van der Waals surface area contributed by atoms with Gasteiger partial charge in [0.2, 0.25) is 5.88 Å². The Morgan fingerprint density at radius 1 is 1.09 bits per heavy atom. The number of hydrogen-bond donors (Lipinski definition) is 1. The number of furan rings is 1. The highest BCUT2D eigenvalue weighted by Gasteiger charge is 2.30. The number of carbonyl (C=O) groups excluding carboxylic acids is 2. The molecule has 4 rings (SSSR count). The van der Waals surface area contributed by atoms with Crippen LogP contribution < -0.4 is 5.32 Å². The van der Waals surface area contributed by atoms with Crippen LogP contribution in [0.2, 0.25) is 0 Å². The molecule has 0 radical (unpaired) electrons. The summed E-state index contributed by atoms with van der Waals surface area (Å²) in [4.78, 5) is 51.2. The van der Waals surface area contributed by atoms with E-state index in [4.69, 9.17) is 9.15 Å². The van der Waals surface area contributed by atoms with E-state index in [1.54, 1.807) is 12.1 Å². The molecule has 13 heteroatoms. The molecule has 12 nitrogen and oxygen atoms in total. The summed E-state index contributed by atoms with van der Waals surface area (Å²) in [6.07, 6.45) is 0. The second-order valence-corrected chi connectivity index (χ2v) is 8.35. The summed E-state index contributed by atoms with van der Waals surface area (Å²) in [5, 5.41) is 25.6. The number of fused-ring (bicyclic) bond motifs is 1. The average molecular weight is 496 g/mol. The van der Waals surface area contributed by atoms with Gasteiger partial charge in [0, 0.05) is 12.1 Å². The largest absolute Gasteiger partial charge is 0.465 e. The summed E-state index contributed by atoms with van der Waals surface area (Å²) >= 11 is 1.25. The molecule has 0 atom stereocenters. The fourth-order valence-electron chi connectivity index (χ4n) is 3.53. The van der Waals surface area contributed by atoms with Gasteiger partial charge in [0.25, 0.3) is 17.3 Å². The van der Waals surface area contributed by atoms with Gasteiger partial charge in [-0.25, -0.2) is 9.78 Å². The minimum absolute atomic E-state index is 0.0442. The zero-order valence-electron chi connectivity index (χ0n) is 18.5. The smallest absolute Gasteiger partial charge is 0.342 e. The Hall–Kier alpha value is -4.65. The summed E-state index contributed by atoms with van der Waals surface area (Å²) in [7, 11) is 1.19. The number of aryl methyl sites for hydroxylation is 1. The summed E-state index contributed by atoms with van der Waals surface area (Å²) in [6.45, 7) is 2.72. The van der Waals surface area contributed by atoms with Crippen LogP contribution in [0.25, 0.3) is 20.8 Å². The van der Waals surface area contributed by atoms with E-state index in [-0.39, 0.29) is 33.9 Å². The van der Waals surface area contributed by atoms with E-state index >= 15 is 0 Å². The molecule has 0 saturated heterocycles. The number of carbonyl (C=O) groups is 2. The highest BCUT2D eigenvalue weighted by atomic mass is 32.1. The highest BCUT2D eigenvalue weighted by molar-refractivity contribution is 7.21. The standard InChI is InChI=1S/C22H16N4O8S/c1-10-14(25(29)30)8-12(9-15(10)26(31)32)19(27)24-20-18(17(11(2)34-20)22(28)33-3)21-23-13-6-4-5-7-16(13)35-21/h4-9H,1-3H3,(H,24,27). The van der Waals surface area contributed by atoms with Crippen molar-refractivity contribution in [1.29, 1.82) is 0 Å². The summed E-state index contributed by atoms with van der Waals surface area (Å²) in [6, 6.07) is 9.12. The maximum atomic E-state index is 13.0. The fourth-order valence-corrected chi connectivity index (χ4v) is 4.55. The van der Waals surface area contributed by atoms with Crippen molar-refractivity contribution in [3.63, 3.8) is 0 Å². The molecule has 1 amide bonds. The van der Waals surface area contributed by atoms with Crippen molar-refractivity contribution < 1.29 is 28.6 Å². The van der Waals surface area contributed by atoms with E-state index < -0.39 is 33.1 Å². The first kappa shape index (κ1) is 23.5. The summed E-state index contributed by atoms with van der Waals surface area (Å²) < 4.78 is 11.3. The molecule has 0 unspecified atom stereocenters. The van der Waals surface area contributed by atoms with Crippen molar-refractivity contribution in [3.05, 3.63) is 79.1 Å². The Kier molecular flexibility index (Phi) is 6.01. The summed E-state index contributed by atoms with van der Waals surface area (Å²) in [5.74, 6) is -1.65. The molecular formula is C22H16N4O8S. The average Bonchev–Trinajstić information content (AvgIpc) is 3.38. The van der Waals surface area contributed by atoms with E-state index in [1.807, 2.05) is 12.1 Å². The molecule has 4 aromatic rings. The first-order valence-corrected chi connectivity index (χ1v) is 10.8. The lowest BCUT2D eigenvalue weighted by atomic mass is 10.1. The number of ether oxygens (including phenoxy) is 1. The number of esters is 1. The number of aromatic nitrogens is 1. The van der Waals surface area contributed by atoms with Crippen molar-refractivity contribution in [1.82, 2.24) is 4.98 Å². The quantitative estimate of drug-likeness (QED) is 0.219. The maximum Gasteiger partial charge on any atom is 0.342 e. The predicted octanol–water partition coefficient (Wildman–Crippen LogP) is 5.03. The monoisotopic (exact) mass is 496 g/mol. The van der Waals surface area contributed by atoms with Crippen LogP contribution >= 0.6 is 11.3 Å². The number of anilines is 1. The number of rotatable bonds is 6. The molecule has 0 aliphatic carbocycles. The van der Waals surface area contributed by atoms with Crippen LogP contribution in [-0.4, -0.2) is 33.8 Å². The van der Waals surface area contributed by atoms with Crippen LogP contribution in [0.4, 0.5) is 17.3 Å². The third-order valence-electron chi connectivity index (χ3n) is 5.22. The van der Waals surface area contributed by atoms with E-state index in [0.29, 0.717) is 10.5 Å². The molecule has 1 N–H and O–H groups in total. The number of thiazole rings is 1. The molecule has 2 aromatic heterocycles. The van der Waals surface area contributed by atoms with Crippen LogP contribution in [0.15, 0.2) is 40.8 Å². The highest BCUT2D eigenvalue weighted by Crippen LogP contribution is 2.41. The second kappa shape index (κ2) is 8.95. The number of nitro groups is 2. The summed E-state index contributed by atoms with van der Waals surface area (Å²) in [5.41, 5.74) is -0.818. The zero-order chi connectivity index (χ0) is 25.4. The van der Waals surface area contributed by atoms with Gasteiger partial charge in [0.05, 0.1) is 38.3 Å². The van der Waals surface area contributed by atoms with E-state index in [0.717, 1.165) is 16.8 Å². The predicted molar refractivity (Wildman–Crippen MR) is 126 cm³/mol. The molecule has 2 heterocycles. The topological polar surface area (TPSA) is 168 Å². The number of nitrogens with zero attached hydrogens (tertiary/aromatic N) is 3. The number of nitro benzene ring substituents is 2. The second-order valence-electron chi connectivity index (χ2n) is 7.32. The number of amides is 1. The molecule has 0 saturated carbocycles. The fraction of sp³-hybridized carbons (Fsp3) is 0.136. The maximum absolute atomic E-state index is 13.0. The molecule has 0 spiro atoms. The van der Waals surface area contributed by atoms with Crippen LogP contribution in [0.3, 0.4) is 0 Å². The molecular weight excluding hydrogens is 480 g/mol. The number of benzene rings is 2. The van der Waals surface area contributed by atoms with Gasteiger partial charge in [-0.2, -0.15) is 0 Å². The Morgan fingerprint density at radius 2 is 1.71 bits per heavy atom. The van der Waals surface area contributed by atoms with Gasteiger partial charge in [-0.15, -0.1) is 11.3 Å². The van der Waals surface area contributed by atoms with Gasteiger partial charge in [-0.3, -0.25) is 30.3 Å². The van der Waals surface area contributed by atoms with Gasteiger partial charge in [0.1, 0.15) is 21.9 Å². The van der Waals surface area contributed by atoms with E-state index in [2.05, 4.69) is 10.3 Å². The van der Waals surface area contributed by atoms with Gasteiger partial charge in [-0.05, 0) is 26.0 Å². The van der Waals surface area contributed by atoms with Crippen LogP contribution in [0.5, 0.6) is 0 Å². The normalized spacial score (nSPS) is 10.8. The van der Waals surface area contributed by atoms with Crippen molar-refractivity contribution in [3.8, 4) is 10.6 Å².